The van der Waals surface area contributed by atoms with Gasteiger partial charge in [0.15, 0.2) is 0 Å². The van der Waals surface area contributed by atoms with Crippen molar-refractivity contribution >= 4 is 34.8 Å². The minimum absolute atomic E-state index is 0.0703. The Morgan fingerprint density at radius 3 is 2.52 bits per heavy atom. The van der Waals surface area contributed by atoms with Gasteiger partial charge in [0.1, 0.15) is 10.7 Å². The van der Waals surface area contributed by atoms with Crippen LogP contribution >= 0.6 is 22.9 Å². The molecule has 0 bridgehead atoms. The van der Waals surface area contributed by atoms with Crippen LogP contribution in [0.25, 0.3) is 10.6 Å². The number of carbonyl (C=O) groups is 2. The van der Waals surface area contributed by atoms with Gasteiger partial charge in [0.2, 0.25) is 0 Å². The smallest absolute Gasteiger partial charge is 0.307 e. The largest absolute Gasteiger partial charge is 0.481 e. The number of hydrogen-bond donors (Lipinski definition) is 1. The quantitative estimate of drug-likeness (QED) is 0.884. The molecule has 130 valence electrons. The SMILES string of the molecule is O=C(O)C1CC12CCN(C(=O)c1csc(-c3ccc(Cl)cc3)n1)CC2. The van der Waals surface area contributed by atoms with Gasteiger partial charge in [-0.2, -0.15) is 0 Å². The number of halogens is 1. The summed E-state index contributed by atoms with van der Waals surface area (Å²) in [6.07, 6.45) is 2.29. The lowest BCUT2D eigenvalue weighted by Gasteiger charge is -2.32. The van der Waals surface area contributed by atoms with Gasteiger partial charge in [-0.15, -0.1) is 11.3 Å². The Morgan fingerprint density at radius 2 is 1.92 bits per heavy atom. The molecular weight excluding hydrogens is 360 g/mol. The van der Waals surface area contributed by atoms with Gasteiger partial charge in [-0.1, -0.05) is 23.7 Å². The van der Waals surface area contributed by atoms with Gasteiger partial charge in [-0.25, -0.2) is 4.98 Å². The van der Waals surface area contributed by atoms with Gasteiger partial charge in [0.25, 0.3) is 5.91 Å². The molecule has 2 aliphatic rings. The first-order valence-corrected chi connectivity index (χ1v) is 9.48. The van der Waals surface area contributed by atoms with Crippen LogP contribution in [0.5, 0.6) is 0 Å². The molecule has 2 heterocycles. The van der Waals surface area contributed by atoms with E-state index in [2.05, 4.69) is 4.98 Å². The van der Waals surface area contributed by atoms with Crippen LogP contribution in [0.15, 0.2) is 29.6 Å². The first-order chi connectivity index (χ1) is 12.0. The van der Waals surface area contributed by atoms with Crippen LogP contribution in [0.3, 0.4) is 0 Å². The highest BCUT2D eigenvalue weighted by Crippen LogP contribution is 2.59. The van der Waals surface area contributed by atoms with Crippen LogP contribution in [0, 0.1) is 11.3 Å². The molecule has 1 amide bonds. The van der Waals surface area contributed by atoms with Gasteiger partial charge in [0.05, 0.1) is 5.92 Å². The Labute approximate surface area is 154 Å². The minimum Gasteiger partial charge on any atom is -0.481 e. The average Bonchev–Trinajstić information content (AvgIpc) is 3.09. The molecule has 7 heteroatoms. The maximum Gasteiger partial charge on any atom is 0.307 e. The average molecular weight is 377 g/mol. The van der Waals surface area contributed by atoms with Crippen LogP contribution in [0.2, 0.25) is 5.02 Å². The third-order valence-corrected chi connectivity index (χ3v) is 6.49. The second-order valence-corrected chi connectivity index (χ2v) is 8.09. The van der Waals surface area contributed by atoms with Crippen molar-refractivity contribution in [2.24, 2.45) is 11.3 Å². The van der Waals surface area contributed by atoms with Crippen molar-refractivity contribution in [3.63, 3.8) is 0 Å². The number of amides is 1. The topological polar surface area (TPSA) is 70.5 Å². The number of thiazole rings is 1. The van der Waals surface area contributed by atoms with E-state index in [1.807, 2.05) is 12.1 Å². The second kappa shape index (κ2) is 6.11. The fraction of sp³-hybridized carbons (Fsp3) is 0.389. The molecule has 1 atom stereocenters. The molecule has 1 aliphatic carbocycles. The Bertz CT molecular complexity index is 825. The zero-order valence-corrected chi connectivity index (χ0v) is 15.0. The lowest BCUT2D eigenvalue weighted by Crippen LogP contribution is -2.40. The molecule has 1 aromatic carbocycles. The van der Waals surface area contributed by atoms with Crippen molar-refractivity contribution < 1.29 is 14.7 Å². The molecular formula is C18H17ClN2O3S. The zero-order valence-electron chi connectivity index (χ0n) is 13.4. The Kier molecular flexibility index (Phi) is 4.04. The minimum atomic E-state index is -0.702. The molecule has 1 saturated carbocycles. The molecule has 4 rings (SSSR count). The number of carboxylic acid groups (broad SMARTS) is 1. The number of rotatable bonds is 3. The van der Waals surface area contributed by atoms with E-state index < -0.39 is 5.97 Å². The van der Waals surface area contributed by atoms with E-state index in [0.29, 0.717) is 23.8 Å². The Hall–Kier alpha value is -1.92. The monoisotopic (exact) mass is 376 g/mol. The highest BCUT2D eigenvalue weighted by Gasteiger charge is 2.59. The molecule has 1 saturated heterocycles. The van der Waals surface area contributed by atoms with E-state index in [1.54, 1.807) is 22.4 Å². The predicted molar refractivity (Wildman–Crippen MR) is 95.9 cm³/mol. The molecule has 1 aromatic heterocycles. The number of piperidine rings is 1. The summed E-state index contributed by atoms with van der Waals surface area (Å²) in [6, 6.07) is 7.38. The summed E-state index contributed by atoms with van der Waals surface area (Å²) in [5.74, 6) is -0.994. The molecule has 2 fully saturated rings. The van der Waals surface area contributed by atoms with E-state index in [0.717, 1.165) is 29.8 Å². The number of aliphatic carboxylic acids is 1. The molecule has 2 aromatic rings. The molecule has 1 N–H and O–H groups in total. The van der Waals surface area contributed by atoms with Crippen molar-refractivity contribution in [3.8, 4) is 10.6 Å². The van der Waals surface area contributed by atoms with Crippen molar-refractivity contribution in [1.82, 2.24) is 9.88 Å². The molecule has 5 nitrogen and oxygen atoms in total. The van der Waals surface area contributed by atoms with Crippen molar-refractivity contribution in [2.75, 3.05) is 13.1 Å². The number of hydrogen-bond acceptors (Lipinski definition) is 4. The summed E-state index contributed by atoms with van der Waals surface area (Å²) in [6.45, 7) is 1.22. The molecule has 25 heavy (non-hydrogen) atoms. The third-order valence-electron chi connectivity index (χ3n) is 5.35. The fourth-order valence-corrected chi connectivity index (χ4v) is 4.59. The van der Waals surface area contributed by atoms with Crippen molar-refractivity contribution in [3.05, 3.63) is 40.4 Å². The number of aromatic nitrogens is 1. The van der Waals surface area contributed by atoms with Crippen molar-refractivity contribution in [1.29, 1.82) is 0 Å². The number of likely N-dealkylation sites (tertiary alicyclic amines) is 1. The summed E-state index contributed by atoms with van der Waals surface area (Å²) in [7, 11) is 0. The molecule has 1 spiro atoms. The highest BCUT2D eigenvalue weighted by atomic mass is 35.5. The third kappa shape index (κ3) is 3.04. The van der Waals surface area contributed by atoms with E-state index in [9.17, 15) is 9.59 Å². The first-order valence-electron chi connectivity index (χ1n) is 8.22. The molecule has 1 aliphatic heterocycles. The van der Waals surface area contributed by atoms with Crippen LogP contribution in [0.4, 0.5) is 0 Å². The number of nitrogens with zero attached hydrogens (tertiary/aromatic N) is 2. The van der Waals surface area contributed by atoms with Crippen molar-refractivity contribution in [2.45, 2.75) is 19.3 Å². The lowest BCUT2D eigenvalue weighted by molar-refractivity contribution is -0.139. The highest BCUT2D eigenvalue weighted by molar-refractivity contribution is 7.13. The van der Waals surface area contributed by atoms with Gasteiger partial charge in [-0.05, 0) is 36.8 Å². The fourth-order valence-electron chi connectivity index (χ4n) is 3.66. The zero-order chi connectivity index (χ0) is 17.6. The van der Waals surface area contributed by atoms with Crippen LogP contribution in [-0.2, 0) is 4.79 Å². The van der Waals surface area contributed by atoms with Crippen LogP contribution < -0.4 is 0 Å². The number of carbonyl (C=O) groups excluding carboxylic acids is 1. The summed E-state index contributed by atoms with van der Waals surface area (Å²) < 4.78 is 0. The van der Waals surface area contributed by atoms with Crippen LogP contribution in [0.1, 0.15) is 29.8 Å². The second-order valence-electron chi connectivity index (χ2n) is 6.79. The van der Waals surface area contributed by atoms with E-state index >= 15 is 0 Å². The summed E-state index contributed by atoms with van der Waals surface area (Å²) in [5, 5.41) is 12.4. The van der Waals surface area contributed by atoms with E-state index in [1.165, 1.54) is 11.3 Å². The van der Waals surface area contributed by atoms with Gasteiger partial charge < -0.3 is 10.0 Å². The van der Waals surface area contributed by atoms with E-state index in [-0.39, 0.29) is 17.2 Å². The molecule has 1 unspecified atom stereocenters. The lowest BCUT2D eigenvalue weighted by atomic mass is 9.90. The number of benzene rings is 1. The van der Waals surface area contributed by atoms with Crippen LogP contribution in [-0.4, -0.2) is 40.0 Å². The van der Waals surface area contributed by atoms with Gasteiger partial charge in [0, 0.05) is 29.1 Å². The maximum atomic E-state index is 12.7. The standard InChI is InChI=1S/C18H17ClN2O3S/c19-12-3-1-11(2-4-12)15-20-14(10-25-15)16(22)21-7-5-18(6-8-21)9-13(18)17(23)24/h1-4,10,13H,5-9H2,(H,23,24). The predicted octanol–water partition coefficient (Wildman–Crippen LogP) is 3.79. The Balaban J connectivity index is 1.42. The summed E-state index contributed by atoms with van der Waals surface area (Å²) >= 11 is 7.34. The van der Waals surface area contributed by atoms with E-state index in [4.69, 9.17) is 16.7 Å². The molecule has 0 radical (unpaired) electrons. The summed E-state index contributed by atoms with van der Waals surface area (Å²) in [5.41, 5.74) is 1.32. The van der Waals surface area contributed by atoms with Gasteiger partial charge >= 0.3 is 5.97 Å². The Morgan fingerprint density at radius 1 is 1.24 bits per heavy atom. The summed E-state index contributed by atoms with van der Waals surface area (Å²) in [4.78, 5) is 30.1. The normalized spacial score (nSPS) is 21.3. The maximum absolute atomic E-state index is 12.7. The number of carboxylic acids is 1. The first kappa shape index (κ1) is 16.5. The van der Waals surface area contributed by atoms with Gasteiger partial charge in [-0.3, -0.25) is 9.59 Å².